The summed E-state index contributed by atoms with van der Waals surface area (Å²) in [6.45, 7) is 0.344. The molecule has 0 amide bonds. The summed E-state index contributed by atoms with van der Waals surface area (Å²) in [5, 5.41) is 2.74. The highest BCUT2D eigenvalue weighted by Gasteiger charge is 2.04. The van der Waals surface area contributed by atoms with Gasteiger partial charge in [-0.3, -0.25) is 4.98 Å². The lowest BCUT2D eigenvalue weighted by molar-refractivity contribution is 0.575. The Hall–Kier alpha value is -2.04. The van der Waals surface area contributed by atoms with E-state index in [0.717, 1.165) is 18.0 Å². The Morgan fingerprint density at radius 1 is 1.19 bits per heavy atom. The van der Waals surface area contributed by atoms with Crippen LogP contribution < -0.4 is 5.32 Å². The van der Waals surface area contributed by atoms with Crippen LogP contribution in [0.2, 0.25) is 0 Å². The van der Waals surface area contributed by atoms with Gasteiger partial charge in [0.15, 0.2) is 11.6 Å². The average molecular weight is 221 g/mol. The molecule has 0 aliphatic rings. The lowest BCUT2D eigenvalue weighted by atomic mass is 10.3. The van der Waals surface area contributed by atoms with Crippen LogP contribution in [0.1, 0.15) is 5.69 Å². The number of anilines is 1. The summed E-state index contributed by atoms with van der Waals surface area (Å²) in [6, 6.07) is 6.21. The maximum Gasteiger partial charge on any atom is 0.168 e. The number of nitrogens with zero attached hydrogens (tertiary/aromatic N) is 2. The molecule has 16 heavy (non-hydrogen) atoms. The van der Waals surface area contributed by atoms with E-state index >= 15 is 0 Å². The van der Waals surface area contributed by atoms with Gasteiger partial charge < -0.3 is 5.32 Å². The van der Waals surface area contributed by atoms with Gasteiger partial charge in [0.1, 0.15) is 5.82 Å². The minimum Gasteiger partial charge on any atom is -0.362 e. The Morgan fingerprint density at radius 2 is 2.06 bits per heavy atom. The van der Waals surface area contributed by atoms with E-state index in [-0.39, 0.29) is 5.82 Å². The zero-order chi connectivity index (χ0) is 11.4. The summed E-state index contributed by atoms with van der Waals surface area (Å²) in [4.78, 5) is 7.66. The van der Waals surface area contributed by atoms with Crippen LogP contribution in [0.5, 0.6) is 0 Å². The Morgan fingerprint density at radius 3 is 2.75 bits per heavy atom. The molecule has 0 spiro atoms. The summed E-state index contributed by atoms with van der Waals surface area (Å²) >= 11 is 0. The fraction of sp³-hybridized carbons (Fsp3) is 0.0909. The number of halogens is 2. The van der Waals surface area contributed by atoms with Crippen LogP contribution in [0.25, 0.3) is 0 Å². The lowest BCUT2D eigenvalue weighted by Gasteiger charge is -2.05. The second kappa shape index (κ2) is 4.65. The first-order chi connectivity index (χ1) is 7.75. The summed E-state index contributed by atoms with van der Waals surface area (Å²) in [5.41, 5.74) is 0.757. The Balaban J connectivity index is 2.05. The third kappa shape index (κ3) is 2.50. The molecule has 2 rings (SSSR count). The number of hydrogen-bond acceptors (Lipinski definition) is 3. The molecule has 1 N–H and O–H groups in total. The fourth-order valence-electron chi connectivity index (χ4n) is 1.22. The number of nitrogens with one attached hydrogen (secondary N) is 1. The molecule has 0 saturated heterocycles. The van der Waals surface area contributed by atoms with E-state index in [1.807, 2.05) is 6.07 Å². The number of pyridine rings is 2. The number of rotatable bonds is 3. The summed E-state index contributed by atoms with van der Waals surface area (Å²) in [7, 11) is 0. The minimum absolute atomic E-state index is 0.0204. The molecule has 0 atom stereocenters. The van der Waals surface area contributed by atoms with Crippen LogP contribution >= 0.6 is 0 Å². The first kappa shape index (κ1) is 10.5. The monoisotopic (exact) mass is 221 g/mol. The van der Waals surface area contributed by atoms with Crippen molar-refractivity contribution in [2.75, 3.05) is 5.32 Å². The molecule has 0 saturated carbocycles. The predicted octanol–water partition coefficient (Wildman–Crippen LogP) is 2.37. The molecule has 0 bridgehead atoms. The van der Waals surface area contributed by atoms with Crippen molar-refractivity contribution in [2.24, 2.45) is 0 Å². The molecule has 3 nitrogen and oxygen atoms in total. The number of aromatic nitrogens is 2. The Bertz CT molecular complexity index is 474. The van der Waals surface area contributed by atoms with Gasteiger partial charge >= 0.3 is 0 Å². The van der Waals surface area contributed by atoms with Crippen molar-refractivity contribution in [3.8, 4) is 0 Å². The standard InChI is InChI=1S/C11H9F2N3/c12-8-5-10(13)11(15-6-8)16-7-9-3-1-2-4-14-9/h1-6H,7H2,(H,15,16). The van der Waals surface area contributed by atoms with Gasteiger partial charge in [-0.25, -0.2) is 13.8 Å². The van der Waals surface area contributed by atoms with Gasteiger partial charge in [-0.2, -0.15) is 0 Å². The topological polar surface area (TPSA) is 37.8 Å². The van der Waals surface area contributed by atoms with E-state index in [2.05, 4.69) is 15.3 Å². The first-order valence-corrected chi connectivity index (χ1v) is 4.70. The van der Waals surface area contributed by atoms with Crippen molar-refractivity contribution < 1.29 is 8.78 Å². The highest BCUT2D eigenvalue weighted by atomic mass is 19.1. The average Bonchev–Trinajstić information content (AvgIpc) is 2.29. The van der Waals surface area contributed by atoms with E-state index in [9.17, 15) is 8.78 Å². The van der Waals surface area contributed by atoms with Gasteiger partial charge in [0.05, 0.1) is 18.4 Å². The van der Waals surface area contributed by atoms with E-state index in [1.165, 1.54) is 0 Å². The molecule has 0 aliphatic heterocycles. The van der Waals surface area contributed by atoms with E-state index in [0.29, 0.717) is 6.54 Å². The SMILES string of the molecule is Fc1cnc(NCc2ccccn2)c(F)c1. The molecular weight excluding hydrogens is 212 g/mol. The van der Waals surface area contributed by atoms with Crippen molar-refractivity contribution in [3.63, 3.8) is 0 Å². The van der Waals surface area contributed by atoms with Crippen molar-refractivity contribution in [3.05, 3.63) is 54.0 Å². The predicted molar refractivity (Wildman–Crippen MR) is 55.7 cm³/mol. The third-order valence-corrected chi connectivity index (χ3v) is 1.97. The molecule has 2 aromatic heterocycles. The van der Waals surface area contributed by atoms with Crippen LogP contribution in [-0.4, -0.2) is 9.97 Å². The van der Waals surface area contributed by atoms with E-state index < -0.39 is 11.6 Å². The molecule has 0 aliphatic carbocycles. The van der Waals surface area contributed by atoms with Gasteiger partial charge in [-0.15, -0.1) is 0 Å². The van der Waals surface area contributed by atoms with Crippen LogP contribution in [0, 0.1) is 11.6 Å². The van der Waals surface area contributed by atoms with Crippen LogP contribution in [0.3, 0.4) is 0 Å². The maximum absolute atomic E-state index is 13.2. The smallest absolute Gasteiger partial charge is 0.168 e. The maximum atomic E-state index is 13.2. The Kier molecular flexibility index (Phi) is 3.05. The number of hydrogen-bond donors (Lipinski definition) is 1. The fourth-order valence-corrected chi connectivity index (χ4v) is 1.22. The van der Waals surface area contributed by atoms with Crippen LogP contribution in [-0.2, 0) is 6.54 Å². The minimum atomic E-state index is -0.712. The second-order valence-electron chi connectivity index (χ2n) is 3.16. The molecule has 0 aromatic carbocycles. The molecule has 0 unspecified atom stereocenters. The molecule has 2 aromatic rings. The van der Waals surface area contributed by atoms with Gasteiger partial charge in [0.25, 0.3) is 0 Å². The summed E-state index contributed by atoms with van der Waals surface area (Å²) < 4.78 is 25.7. The Labute approximate surface area is 91.2 Å². The highest BCUT2D eigenvalue weighted by Crippen LogP contribution is 2.11. The largest absolute Gasteiger partial charge is 0.362 e. The third-order valence-electron chi connectivity index (χ3n) is 1.97. The van der Waals surface area contributed by atoms with E-state index in [1.54, 1.807) is 18.3 Å². The molecular formula is C11H9F2N3. The van der Waals surface area contributed by atoms with Crippen molar-refractivity contribution in [2.45, 2.75) is 6.54 Å². The molecule has 5 heteroatoms. The zero-order valence-electron chi connectivity index (χ0n) is 8.32. The zero-order valence-corrected chi connectivity index (χ0v) is 8.32. The normalized spacial score (nSPS) is 10.1. The first-order valence-electron chi connectivity index (χ1n) is 4.70. The molecule has 82 valence electrons. The van der Waals surface area contributed by atoms with Crippen molar-refractivity contribution in [1.29, 1.82) is 0 Å². The molecule has 0 fully saturated rings. The van der Waals surface area contributed by atoms with Gasteiger partial charge in [-0.1, -0.05) is 6.07 Å². The van der Waals surface area contributed by atoms with Crippen LogP contribution in [0.15, 0.2) is 36.7 Å². The van der Waals surface area contributed by atoms with Crippen molar-refractivity contribution in [1.82, 2.24) is 9.97 Å². The van der Waals surface area contributed by atoms with Gasteiger partial charge in [0, 0.05) is 12.3 Å². The molecule has 0 radical (unpaired) electrons. The van der Waals surface area contributed by atoms with E-state index in [4.69, 9.17) is 0 Å². The highest BCUT2D eigenvalue weighted by molar-refractivity contribution is 5.36. The summed E-state index contributed by atoms with van der Waals surface area (Å²) in [5.74, 6) is -1.39. The van der Waals surface area contributed by atoms with Crippen LogP contribution in [0.4, 0.5) is 14.6 Å². The lowest BCUT2D eigenvalue weighted by Crippen LogP contribution is -2.05. The summed E-state index contributed by atoms with van der Waals surface area (Å²) in [6.07, 6.45) is 2.61. The van der Waals surface area contributed by atoms with Crippen molar-refractivity contribution >= 4 is 5.82 Å². The van der Waals surface area contributed by atoms with Gasteiger partial charge in [-0.05, 0) is 12.1 Å². The second-order valence-corrected chi connectivity index (χ2v) is 3.16. The molecule has 2 heterocycles. The quantitative estimate of drug-likeness (QED) is 0.864. The van der Waals surface area contributed by atoms with Gasteiger partial charge in [0.2, 0.25) is 0 Å².